The number of hydrogen-bond donors (Lipinski definition) is 1. The lowest BCUT2D eigenvalue weighted by molar-refractivity contribution is 0.300. The number of halogens is 2. The van der Waals surface area contributed by atoms with Gasteiger partial charge in [0.2, 0.25) is 0 Å². The second kappa shape index (κ2) is 6.24. The molecule has 0 spiro atoms. The molecular formula is C14H14F2N2O. The molecule has 1 N–H and O–H groups in total. The first-order chi connectivity index (χ1) is 9.20. The second-order valence-electron chi connectivity index (χ2n) is 4.09. The minimum absolute atomic E-state index is 0.0410. The number of benzene rings is 1. The molecular weight excluding hydrogens is 250 g/mol. The van der Waals surface area contributed by atoms with Gasteiger partial charge >= 0.3 is 0 Å². The summed E-state index contributed by atoms with van der Waals surface area (Å²) < 4.78 is 26.6. The molecule has 0 radical (unpaired) electrons. The summed E-state index contributed by atoms with van der Waals surface area (Å²) in [7, 11) is 0. The largest absolute Gasteiger partial charge is 0.395 e. The van der Waals surface area contributed by atoms with Gasteiger partial charge in [-0.1, -0.05) is 30.3 Å². The van der Waals surface area contributed by atoms with Gasteiger partial charge in [0.15, 0.2) is 11.6 Å². The summed E-state index contributed by atoms with van der Waals surface area (Å²) in [5.41, 5.74) is 0.960. The van der Waals surface area contributed by atoms with Gasteiger partial charge in [0.1, 0.15) is 5.82 Å². The predicted octanol–water partition coefficient (Wildman–Crippen LogP) is 2.36. The molecule has 0 aliphatic carbocycles. The van der Waals surface area contributed by atoms with Crippen molar-refractivity contribution in [3.8, 4) is 0 Å². The van der Waals surface area contributed by atoms with Crippen molar-refractivity contribution in [3.05, 3.63) is 59.8 Å². The van der Waals surface area contributed by atoms with Crippen LogP contribution >= 0.6 is 0 Å². The van der Waals surface area contributed by atoms with E-state index in [4.69, 9.17) is 5.11 Å². The van der Waals surface area contributed by atoms with E-state index in [0.29, 0.717) is 6.54 Å². The van der Waals surface area contributed by atoms with Crippen LogP contribution in [0.2, 0.25) is 0 Å². The molecule has 1 aromatic heterocycles. The van der Waals surface area contributed by atoms with Crippen LogP contribution < -0.4 is 4.90 Å². The number of aliphatic hydroxyl groups is 1. The summed E-state index contributed by atoms with van der Waals surface area (Å²) in [4.78, 5) is 5.33. The van der Waals surface area contributed by atoms with Gasteiger partial charge in [0.25, 0.3) is 0 Å². The van der Waals surface area contributed by atoms with Gasteiger partial charge in [-0.05, 0) is 5.56 Å². The SMILES string of the molecule is OCCN(Cc1ccccc1)c1ncc(F)cc1F. The maximum Gasteiger partial charge on any atom is 0.168 e. The fourth-order valence-electron chi connectivity index (χ4n) is 1.82. The first-order valence-electron chi connectivity index (χ1n) is 5.91. The smallest absolute Gasteiger partial charge is 0.168 e. The first kappa shape index (κ1) is 13.4. The molecule has 0 bridgehead atoms. The summed E-state index contributed by atoms with van der Waals surface area (Å²) in [5, 5.41) is 9.06. The highest BCUT2D eigenvalue weighted by molar-refractivity contribution is 5.41. The molecule has 0 aliphatic heterocycles. The minimum atomic E-state index is -0.732. The number of anilines is 1. The highest BCUT2D eigenvalue weighted by Crippen LogP contribution is 2.18. The van der Waals surface area contributed by atoms with Crippen molar-refractivity contribution in [1.82, 2.24) is 4.98 Å². The van der Waals surface area contributed by atoms with Crippen LogP contribution in [-0.2, 0) is 6.54 Å². The quantitative estimate of drug-likeness (QED) is 0.900. The zero-order valence-electron chi connectivity index (χ0n) is 10.3. The molecule has 3 nitrogen and oxygen atoms in total. The molecule has 1 aromatic carbocycles. The molecule has 0 saturated heterocycles. The van der Waals surface area contributed by atoms with Crippen molar-refractivity contribution in [2.75, 3.05) is 18.1 Å². The van der Waals surface area contributed by atoms with E-state index >= 15 is 0 Å². The van der Waals surface area contributed by atoms with Crippen LogP contribution in [0.1, 0.15) is 5.56 Å². The Morgan fingerprint density at radius 3 is 2.53 bits per heavy atom. The van der Waals surface area contributed by atoms with E-state index in [2.05, 4.69) is 4.98 Å². The van der Waals surface area contributed by atoms with E-state index in [1.165, 1.54) is 0 Å². The summed E-state index contributed by atoms with van der Waals surface area (Å²) in [6.45, 7) is 0.493. The van der Waals surface area contributed by atoms with Crippen LogP contribution in [0, 0.1) is 11.6 Å². The number of hydrogen-bond acceptors (Lipinski definition) is 3. The van der Waals surface area contributed by atoms with Crippen molar-refractivity contribution >= 4 is 5.82 Å². The summed E-state index contributed by atoms with van der Waals surface area (Å²) in [5.74, 6) is -1.41. The normalized spacial score (nSPS) is 10.5. The second-order valence-corrected chi connectivity index (χ2v) is 4.09. The highest BCUT2D eigenvalue weighted by atomic mass is 19.1. The molecule has 5 heteroatoms. The van der Waals surface area contributed by atoms with Gasteiger partial charge in [-0.25, -0.2) is 13.8 Å². The van der Waals surface area contributed by atoms with Crippen LogP contribution in [-0.4, -0.2) is 23.2 Å². The van der Waals surface area contributed by atoms with Gasteiger partial charge in [-0.3, -0.25) is 0 Å². The molecule has 1 heterocycles. The third kappa shape index (κ3) is 3.48. The lowest BCUT2D eigenvalue weighted by Crippen LogP contribution is -2.28. The predicted molar refractivity (Wildman–Crippen MR) is 68.7 cm³/mol. The summed E-state index contributed by atoms with van der Waals surface area (Å²) >= 11 is 0. The lowest BCUT2D eigenvalue weighted by Gasteiger charge is -2.23. The molecule has 0 fully saturated rings. The Balaban J connectivity index is 2.24. The fraction of sp³-hybridized carbons (Fsp3) is 0.214. The molecule has 19 heavy (non-hydrogen) atoms. The van der Waals surface area contributed by atoms with Gasteiger partial charge in [0.05, 0.1) is 12.8 Å². The zero-order chi connectivity index (χ0) is 13.7. The minimum Gasteiger partial charge on any atom is -0.395 e. The number of nitrogens with zero attached hydrogens (tertiary/aromatic N) is 2. The molecule has 2 aromatic rings. The molecule has 0 unspecified atom stereocenters. The highest BCUT2D eigenvalue weighted by Gasteiger charge is 2.14. The average molecular weight is 264 g/mol. The van der Waals surface area contributed by atoms with E-state index in [1.54, 1.807) is 4.90 Å². The zero-order valence-corrected chi connectivity index (χ0v) is 10.3. The summed E-state index contributed by atoms with van der Waals surface area (Å²) in [6.07, 6.45) is 0.966. The van der Waals surface area contributed by atoms with Gasteiger partial charge in [-0.15, -0.1) is 0 Å². The number of pyridine rings is 1. The Hall–Kier alpha value is -2.01. The van der Waals surface area contributed by atoms with Gasteiger partial charge in [0, 0.05) is 19.2 Å². The molecule has 0 atom stereocenters. The third-order valence-corrected chi connectivity index (χ3v) is 2.67. The standard InChI is InChI=1S/C14H14F2N2O/c15-12-8-13(16)14(17-9-12)18(6-7-19)10-11-4-2-1-3-5-11/h1-5,8-9,19H,6-7,10H2. The van der Waals surface area contributed by atoms with E-state index in [9.17, 15) is 8.78 Å². The van der Waals surface area contributed by atoms with Crippen LogP contribution in [0.5, 0.6) is 0 Å². The Kier molecular flexibility index (Phi) is 4.41. The Morgan fingerprint density at radius 2 is 1.89 bits per heavy atom. The molecule has 100 valence electrons. The average Bonchev–Trinajstić information content (AvgIpc) is 2.39. The first-order valence-corrected chi connectivity index (χ1v) is 5.91. The third-order valence-electron chi connectivity index (χ3n) is 2.67. The Labute approximate surface area is 110 Å². The fourth-order valence-corrected chi connectivity index (χ4v) is 1.82. The summed E-state index contributed by atoms with van der Waals surface area (Å²) in [6, 6.07) is 10.2. The molecule has 0 aliphatic rings. The van der Waals surface area contributed by atoms with Crippen molar-refractivity contribution in [1.29, 1.82) is 0 Å². The van der Waals surface area contributed by atoms with E-state index in [-0.39, 0.29) is 19.0 Å². The number of aliphatic hydroxyl groups excluding tert-OH is 1. The number of aromatic nitrogens is 1. The van der Waals surface area contributed by atoms with Gasteiger partial charge < -0.3 is 10.0 Å². The monoisotopic (exact) mass is 264 g/mol. The lowest BCUT2D eigenvalue weighted by atomic mass is 10.2. The molecule has 0 amide bonds. The van der Waals surface area contributed by atoms with E-state index in [1.807, 2.05) is 30.3 Å². The maximum absolute atomic E-state index is 13.7. The topological polar surface area (TPSA) is 36.4 Å². The van der Waals surface area contributed by atoms with E-state index in [0.717, 1.165) is 17.8 Å². The van der Waals surface area contributed by atoms with Crippen molar-refractivity contribution in [2.45, 2.75) is 6.54 Å². The maximum atomic E-state index is 13.7. The van der Waals surface area contributed by atoms with Crippen LogP contribution in [0.15, 0.2) is 42.6 Å². The van der Waals surface area contributed by atoms with Crippen LogP contribution in [0.3, 0.4) is 0 Å². The molecule has 2 rings (SSSR count). The van der Waals surface area contributed by atoms with E-state index < -0.39 is 11.6 Å². The Bertz CT molecular complexity index is 534. The van der Waals surface area contributed by atoms with Crippen molar-refractivity contribution in [2.24, 2.45) is 0 Å². The Morgan fingerprint density at radius 1 is 1.16 bits per heavy atom. The van der Waals surface area contributed by atoms with Crippen LogP contribution in [0.4, 0.5) is 14.6 Å². The van der Waals surface area contributed by atoms with Crippen LogP contribution in [0.25, 0.3) is 0 Å². The molecule has 0 saturated carbocycles. The number of rotatable bonds is 5. The van der Waals surface area contributed by atoms with Gasteiger partial charge in [-0.2, -0.15) is 0 Å². The van der Waals surface area contributed by atoms with Crippen molar-refractivity contribution < 1.29 is 13.9 Å². The van der Waals surface area contributed by atoms with Crippen molar-refractivity contribution in [3.63, 3.8) is 0 Å².